The zero-order valence-corrected chi connectivity index (χ0v) is 20.2. The summed E-state index contributed by atoms with van der Waals surface area (Å²) in [5, 5.41) is 0.729. The molecule has 0 bridgehead atoms. The summed E-state index contributed by atoms with van der Waals surface area (Å²) < 4.78 is 11.8. The van der Waals surface area contributed by atoms with Crippen LogP contribution < -0.4 is 9.64 Å². The topological polar surface area (TPSA) is 54.9 Å². The molecule has 0 radical (unpaired) electrons. The largest absolute Gasteiger partial charge is 0.497 e. The van der Waals surface area contributed by atoms with E-state index in [4.69, 9.17) is 14.5 Å². The second-order valence-corrected chi connectivity index (χ2v) is 9.90. The van der Waals surface area contributed by atoms with Crippen LogP contribution in [0.25, 0.3) is 10.2 Å². The molecule has 1 aliphatic rings. The Labute approximate surface area is 197 Å². The summed E-state index contributed by atoms with van der Waals surface area (Å²) in [6.45, 7) is 7.16. The predicted octanol–water partition coefficient (Wildman–Crippen LogP) is 4.79. The first-order valence-corrected chi connectivity index (χ1v) is 12.8. The first-order valence-electron chi connectivity index (χ1n) is 11.0. The lowest BCUT2D eigenvalue weighted by Crippen LogP contribution is -2.39. The quantitative estimate of drug-likeness (QED) is 0.419. The molecule has 1 aromatic heterocycles. The molecule has 3 aromatic rings. The third-order valence-electron chi connectivity index (χ3n) is 5.43. The molecule has 170 valence electrons. The number of benzene rings is 2. The van der Waals surface area contributed by atoms with Crippen molar-refractivity contribution in [2.45, 2.75) is 18.2 Å². The highest BCUT2D eigenvalue weighted by Crippen LogP contribution is 2.32. The number of amides is 1. The fourth-order valence-electron chi connectivity index (χ4n) is 3.71. The Bertz CT molecular complexity index is 1030. The number of carbonyl (C=O) groups is 1. The van der Waals surface area contributed by atoms with Crippen LogP contribution in [0, 0.1) is 0 Å². The van der Waals surface area contributed by atoms with Crippen molar-refractivity contribution in [3.8, 4) is 5.75 Å². The molecule has 1 aliphatic heterocycles. The van der Waals surface area contributed by atoms with Crippen molar-refractivity contribution in [3.63, 3.8) is 0 Å². The van der Waals surface area contributed by atoms with E-state index in [0.29, 0.717) is 12.1 Å². The molecular weight excluding hydrogens is 442 g/mol. The van der Waals surface area contributed by atoms with Crippen molar-refractivity contribution in [2.75, 3.05) is 57.2 Å². The molecule has 32 heavy (non-hydrogen) atoms. The van der Waals surface area contributed by atoms with E-state index in [2.05, 4.69) is 11.8 Å². The van der Waals surface area contributed by atoms with Gasteiger partial charge in [-0.3, -0.25) is 14.6 Å². The van der Waals surface area contributed by atoms with Crippen LogP contribution in [0.3, 0.4) is 0 Å². The van der Waals surface area contributed by atoms with Crippen LogP contribution in [0.4, 0.5) is 5.13 Å². The normalized spacial score (nSPS) is 14.6. The molecule has 0 unspecified atom stereocenters. The first-order chi connectivity index (χ1) is 15.7. The zero-order chi connectivity index (χ0) is 22.3. The summed E-state index contributed by atoms with van der Waals surface area (Å²) in [4.78, 5) is 23.7. The number of fused-ring (bicyclic) bond motifs is 1. The van der Waals surface area contributed by atoms with Gasteiger partial charge in [0.15, 0.2) is 5.13 Å². The molecule has 2 aromatic carbocycles. The molecule has 0 aliphatic carbocycles. The number of thiazole rings is 1. The Morgan fingerprint density at radius 2 is 2.00 bits per heavy atom. The predicted molar refractivity (Wildman–Crippen MR) is 133 cm³/mol. The number of methoxy groups -OCH3 is 1. The van der Waals surface area contributed by atoms with Gasteiger partial charge >= 0.3 is 0 Å². The maximum absolute atomic E-state index is 13.5. The standard InChI is InChI=1S/C24H29N3O3S2/c1-3-31-20-8-5-18(6-9-20)23(28)27(12-4-11-26-13-15-30-16-14-26)24-25-21-17-19(29-2)7-10-22(21)32-24/h5-10,17H,3-4,11-16H2,1-2H3. The first kappa shape index (κ1) is 23.0. The highest BCUT2D eigenvalue weighted by atomic mass is 32.2. The number of hydrogen-bond donors (Lipinski definition) is 0. The Balaban J connectivity index is 1.56. The molecule has 2 heterocycles. The second kappa shape index (κ2) is 11.1. The van der Waals surface area contributed by atoms with E-state index in [1.165, 1.54) is 4.90 Å². The number of nitrogens with zero attached hydrogens (tertiary/aromatic N) is 3. The van der Waals surface area contributed by atoms with Crippen LogP contribution in [0.15, 0.2) is 47.4 Å². The number of carbonyl (C=O) groups excluding carboxylic acids is 1. The van der Waals surface area contributed by atoms with Gasteiger partial charge in [0.2, 0.25) is 0 Å². The van der Waals surface area contributed by atoms with E-state index in [1.54, 1.807) is 30.2 Å². The van der Waals surface area contributed by atoms with Gasteiger partial charge in [0.25, 0.3) is 5.91 Å². The van der Waals surface area contributed by atoms with Crippen LogP contribution in [0.2, 0.25) is 0 Å². The molecule has 0 atom stereocenters. The summed E-state index contributed by atoms with van der Waals surface area (Å²) in [5.41, 5.74) is 1.54. The number of rotatable bonds is 9. The summed E-state index contributed by atoms with van der Waals surface area (Å²) in [6, 6.07) is 13.7. The van der Waals surface area contributed by atoms with Gasteiger partial charge in [-0.1, -0.05) is 18.3 Å². The van der Waals surface area contributed by atoms with Crippen LogP contribution in [-0.4, -0.2) is 68.0 Å². The number of aromatic nitrogens is 1. The van der Waals surface area contributed by atoms with Crippen molar-refractivity contribution < 1.29 is 14.3 Å². The summed E-state index contributed by atoms with van der Waals surface area (Å²) in [5.74, 6) is 1.77. The summed E-state index contributed by atoms with van der Waals surface area (Å²) in [7, 11) is 1.65. The fraction of sp³-hybridized carbons (Fsp3) is 0.417. The number of morpholine rings is 1. The average Bonchev–Trinajstić information content (AvgIpc) is 3.25. The molecule has 8 heteroatoms. The molecule has 6 nitrogen and oxygen atoms in total. The van der Waals surface area contributed by atoms with E-state index in [-0.39, 0.29) is 5.91 Å². The Hall–Kier alpha value is -2.13. The van der Waals surface area contributed by atoms with Gasteiger partial charge in [0.05, 0.1) is 30.5 Å². The van der Waals surface area contributed by atoms with E-state index in [9.17, 15) is 4.79 Å². The molecule has 1 amide bonds. The number of ether oxygens (including phenoxy) is 2. The third kappa shape index (κ3) is 5.61. The zero-order valence-electron chi connectivity index (χ0n) is 18.6. The molecule has 1 fully saturated rings. The monoisotopic (exact) mass is 471 g/mol. The number of thioether (sulfide) groups is 1. The number of hydrogen-bond acceptors (Lipinski definition) is 7. The fourth-order valence-corrected chi connectivity index (χ4v) is 5.35. The molecule has 4 rings (SSSR count). The lowest BCUT2D eigenvalue weighted by molar-refractivity contribution is 0.0376. The molecule has 0 spiro atoms. The highest BCUT2D eigenvalue weighted by Gasteiger charge is 2.22. The van der Waals surface area contributed by atoms with Gasteiger partial charge in [-0.2, -0.15) is 0 Å². The summed E-state index contributed by atoms with van der Waals surface area (Å²) in [6.07, 6.45) is 0.884. The van der Waals surface area contributed by atoms with Gasteiger partial charge < -0.3 is 9.47 Å². The molecule has 0 N–H and O–H groups in total. The Morgan fingerprint density at radius 1 is 1.22 bits per heavy atom. The van der Waals surface area contributed by atoms with E-state index < -0.39 is 0 Å². The number of anilines is 1. The van der Waals surface area contributed by atoms with Crippen molar-refractivity contribution in [3.05, 3.63) is 48.0 Å². The second-order valence-electron chi connectivity index (χ2n) is 7.55. The van der Waals surface area contributed by atoms with Gasteiger partial charge in [-0.15, -0.1) is 11.8 Å². The van der Waals surface area contributed by atoms with Crippen molar-refractivity contribution in [2.24, 2.45) is 0 Å². The highest BCUT2D eigenvalue weighted by molar-refractivity contribution is 7.99. The molecule has 1 saturated heterocycles. The van der Waals surface area contributed by atoms with Gasteiger partial charge in [-0.05, 0) is 48.6 Å². The maximum atomic E-state index is 13.5. The lowest BCUT2D eigenvalue weighted by atomic mass is 10.2. The third-order valence-corrected chi connectivity index (χ3v) is 7.39. The van der Waals surface area contributed by atoms with Crippen LogP contribution in [0.5, 0.6) is 5.75 Å². The van der Waals surface area contributed by atoms with Crippen molar-refractivity contribution in [1.82, 2.24) is 9.88 Å². The molecule has 0 saturated carbocycles. The minimum Gasteiger partial charge on any atom is -0.497 e. The van der Waals surface area contributed by atoms with Gasteiger partial charge in [-0.25, -0.2) is 4.98 Å². The SMILES string of the molecule is CCSc1ccc(C(=O)N(CCCN2CCOCC2)c2nc3cc(OC)ccc3s2)cc1. The maximum Gasteiger partial charge on any atom is 0.260 e. The van der Waals surface area contributed by atoms with E-state index >= 15 is 0 Å². The minimum absolute atomic E-state index is 0.00829. The van der Waals surface area contributed by atoms with Crippen molar-refractivity contribution in [1.29, 1.82) is 0 Å². The van der Waals surface area contributed by atoms with E-state index in [1.807, 2.05) is 47.4 Å². The van der Waals surface area contributed by atoms with Crippen molar-refractivity contribution >= 4 is 44.4 Å². The van der Waals surface area contributed by atoms with Crippen LogP contribution in [0.1, 0.15) is 23.7 Å². The smallest absolute Gasteiger partial charge is 0.260 e. The summed E-state index contributed by atoms with van der Waals surface area (Å²) >= 11 is 3.32. The molecular formula is C24H29N3O3S2. The van der Waals surface area contributed by atoms with Crippen LogP contribution in [-0.2, 0) is 4.74 Å². The van der Waals surface area contributed by atoms with E-state index in [0.717, 1.165) is 66.1 Å². The Kier molecular flexibility index (Phi) is 8.02. The van der Waals surface area contributed by atoms with Gasteiger partial charge in [0.1, 0.15) is 5.75 Å². The Morgan fingerprint density at radius 3 is 2.72 bits per heavy atom. The average molecular weight is 472 g/mol. The van der Waals surface area contributed by atoms with Gasteiger partial charge in [0, 0.05) is 42.7 Å². The lowest BCUT2D eigenvalue weighted by Gasteiger charge is -2.27. The van der Waals surface area contributed by atoms with Crippen LogP contribution >= 0.6 is 23.1 Å². The minimum atomic E-state index is -0.00829.